The maximum Gasteiger partial charge on any atom is 0.220 e. The number of benzene rings is 1. The zero-order valence-corrected chi connectivity index (χ0v) is 11.1. The molecule has 0 spiro atoms. The number of halogens is 1. The van der Waals surface area contributed by atoms with Crippen LogP contribution in [0.5, 0.6) is 0 Å². The fraction of sp³-hybridized carbons (Fsp3) is 0.467. The number of hydrogen-bond donors (Lipinski definition) is 0. The summed E-state index contributed by atoms with van der Waals surface area (Å²) in [5.41, 5.74) is 2.13. The van der Waals surface area contributed by atoms with E-state index in [-0.39, 0.29) is 6.42 Å². The third-order valence-electron chi connectivity index (χ3n) is 3.09. The molecule has 0 bridgehead atoms. The van der Waals surface area contributed by atoms with E-state index in [2.05, 4.69) is 0 Å². The van der Waals surface area contributed by atoms with Crippen molar-refractivity contribution in [2.24, 2.45) is 0 Å². The van der Waals surface area contributed by atoms with E-state index >= 15 is 0 Å². The van der Waals surface area contributed by atoms with Gasteiger partial charge < -0.3 is 0 Å². The number of rotatable bonds is 6. The molecule has 0 aliphatic heterocycles. The number of ketones is 2. The van der Waals surface area contributed by atoms with E-state index in [1.54, 1.807) is 13.0 Å². The van der Waals surface area contributed by atoms with Crippen LogP contribution in [0, 0.1) is 0 Å². The standard InChI is InChI=1S/C15H19FO2/c1-4-10-7-8-11(5-2)12(9-10)15(18)14(16)13(17)6-3/h7-9,14H,4-6H2,1-3H3. The van der Waals surface area contributed by atoms with E-state index in [1.807, 2.05) is 26.0 Å². The van der Waals surface area contributed by atoms with Crippen LogP contribution < -0.4 is 0 Å². The summed E-state index contributed by atoms with van der Waals surface area (Å²) in [6, 6.07) is 5.48. The Bertz CT molecular complexity index is 452. The molecule has 18 heavy (non-hydrogen) atoms. The highest BCUT2D eigenvalue weighted by molar-refractivity contribution is 6.13. The zero-order valence-electron chi connectivity index (χ0n) is 11.1. The van der Waals surface area contributed by atoms with Crippen LogP contribution in [0.15, 0.2) is 18.2 Å². The Morgan fingerprint density at radius 3 is 2.33 bits per heavy atom. The van der Waals surface area contributed by atoms with Crippen LogP contribution in [0.3, 0.4) is 0 Å². The number of Topliss-reactive ketones (excluding diaryl/α,β-unsaturated/α-hetero) is 2. The molecule has 2 nitrogen and oxygen atoms in total. The first-order valence-corrected chi connectivity index (χ1v) is 6.37. The summed E-state index contributed by atoms with van der Waals surface area (Å²) in [4.78, 5) is 23.3. The third-order valence-corrected chi connectivity index (χ3v) is 3.09. The van der Waals surface area contributed by atoms with Gasteiger partial charge >= 0.3 is 0 Å². The molecular formula is C15H19FO2. The molecule has 0 N–H and O–H groups in total. The molecule has 0 saturated heterocycles. The first kappa shape index (κ1) is 14.6. The average molecular weight is 250 g/mol. The predicted octanol–water partition coefficient (Wildman–Crippen LogP) is 3.31. The number of carbonyl (C=O) groups is 2. The minimum atomic E-state index is -2.02. The van der Waals surface area contributed by atoms with Crippen molar-refractivity contribution in [1.82, 2.24) is 0 Å². The SMILES string of the molecule is CCC(=O)C(F)C(=O)c1cc(CC)ccc1CC. The van der Waals surface area contributed by atoms with Crippen molar-refractivity contribution in [2.75, 3.05) is 0 Å². The lowest BCUT2D eigenvalue weighted by atomic mass is 9.94. The molecule has 1 aromatic rings. The minimum absolute atomic E-state index is 0.0435. The highest BCUT2D eigenvalue weighted by Gasteiger charge is 2.27. The third kappa shape index (κ3) is 3.03. The molecule has 0 radical (unpaired) electrons. The topological polar surface area (TPSA) is 34.1 Å². The normalized spacial score (nSPS) is 12.2. The Morgan fingerprint density at radius 2 is 1.83 bits per heavy atom. The molecule has 1 atom stereocenters. The second-order valence-electron chi connectivity index (χ2n) is 4.25. The smallest absolute Gasteiger partial charge is 0.220 e. The summed E-state index contributed by atoms with van der Waals surface area (Å²) in [6.07, 6.45) is -0.546. The first-order valence-electron chi connectivity index (χ1n) is 6.37. The monoisotopic (exact) mass is 250 g/mol. The molecule has 0 aliphatic rings. The number of alkyl halides is 1. The van der Waals surface area contributed by atoms with Crippen LogP contribution in [-0.4, -0.2) is 17.7 Å². The molecule has 0 amide bonds. The lowest BCUT2D eigenvalue weighted by Gasteiger charge is -2.11. The molecule has 3 heteroatoms. The summed E-state index contributed by atoms with van der Waals surface area (Å²) in [5.74, 6) is -1.35. The van der Waals surface area contributed by atoms with Crippen LogP contribution in [0.4, 0.5) is 4.39 Å². The van der Waals surface area contributed by atoms with Gasteiger partial charge in [0.05, 0.1) is 0 Å². The van der Waals surface area contributed by atoms with Gasteiger partial charge in [-0.1, -0.05) is 32.9 Å². The fourth-order valence-corrected chi connectivity index (χ4v) is 1.84. The highest BCUT2D eigenvalue weighted by atomic mass is 19.1. The molecular weight excluding hydrogens is 231 g/mol. The summed E-state index contributed by atoms with van der Waals surface area (Å²) < 4.78 is 13.7. The molecule has 0 heterocycles. The molecule has 0 aromatic heterocycles. The second kappa shape index (κ2) is 6.43. The largest absolute Gasteiger partial charge is 0.296 e. The van der Waals surface area contributed by atoms with Gasteiger partial charge in [0, 0.05) is 12.0 Å². The van der Waals surface area contributed by atoms with Crippen molar-refractivity contribution in [2.45, 2.75) is 46.2 Å². The molecule has 0 fully saturated rings. The molecule has 1 rings (SSSR count). The quantitative estimate of drug-likeness (QED) is 0.573. The van der Waals surface area contributed by atoms with Gasteiger partial charge in [0.1, 0.15) is 0 Å². The van der Waals surface area contributed by atoms with E-state index in [9.17, 15) is 14.0 Å². The van der Waals surface area contributed by atoms with Gasteiger partial charge in [-0.15, -0.1) is 0 Å². The Morgan fingerprint density at radius 1 is 1.17 bits per heavy atom. The number of hydrogen-bond acceptors (Lipinski definition) is 2. The lowest BCUT2D eigenvalue weighted by molar-refractivity contribution is -0.121. The lowest BCUT2D eigenvalue weighted by Crippen LogP contribution is -2.26. The Kier molecular flexibility index (Phi) is 5.20. The van der Waals surface area contributed by atoms with Gasteiger partial charge in [0.2, 0.25) is 12.0 Å². The Hall–Kier alpha value is -1.51. The van der Waals surface area contributed by atoms with E-state index < -0.39 is 17.7 Å². The van der Waals surface area contributed by atoms with Crippen LogP contribution in [-0.2, 0) is 17.6 Å². The van der Waals surface area contributed by atoms with Gasteiger partial charge in [-0.05, 0) is 30.0 Å². The Balaban J connectivity index is 3.13. The van der Waals surface area contributed by atoms with E-state index in [0.717, 1.165) is 17.5 Å². The van der Waals surface area contributed by atoms with Crippen LogP contribution in [0.1, 0.15) is 48.7 Å². The molecule has 0 saturated carbocycles. The van der Waals surface area contributed by atoms with Gasteiger partial charge in [-0.3, -0.25) is 9.59 Å². The number of carbonyl (C=O) groups excluding carboxylic acids is 2. The summed E-state index contributed by atoms with van der Waals surface area (Å²) in [7, 11) is 0. The number of aryl methyl sites for hydroxylation is 2. The van der Waals surface area contributed by atoms with Crippen LogP contribution in [0.25, 0.3) is 0 Å². The van der Waals surface area contributed by atoms with Gasteiger partial charge in [0.15, 0.2) is 5.78 Å². The Labute approximate surface area is 107 Å². The van der Waals surface area contributed by atoms with Gasteiger partial charge in [0.25, 0.3) is 0 Å². The molecule has 1 unspecified atom stereocenters. The van der Waals surface area contributed by atoms with Crippen molar-refractivity contribution in [3.8, 4) is 0 Å². The van der Waals surface area contributed by atoms with Crippen molar-refractivity contribution in [3.63, 3.8) is 0 Å². The van der Waals surface area contributed by atoms with Crippen LogP contribution >= 0.6 is 0 Å². The van der Waals surface area contributed by atoms with Crippen molar-refractivity contribution >= 4 is 11.6 Å². The first-order chi connectivity index (χ1) is 8.54. The fourth-order valence-electron chi connectivity index (χ4n) is 1.84. The minimum Gasteiger partial charge on any atom is -0.296 e. The van der Waals surface area contributed by atoms with Gasteiger partial charge in [-0.2, -0.15) is 0 Å². The van der Waals surface area contributed by atoms with E-state index in [4.69, 9.17) is 0 Å². The summed E-state index contributed by atoms with van der Waals surface area (Å²) >= 11 is 0. The maximum absolute atomic E-state index is 13.7. The second-order valence-corrected chi connectivity index (χ2v) is 4.25. The highest BCUT2D eigenvalue weighted by Crippen LogP contribution is 2.17. The molecule has 98 valence electrons. The summed E-state index contributed by atoms with van der Waals surface area (Å²) in [5, 5.41) is 0. The van der Waals surface area contributed by atoms with Crippen molar-refractivity contribution in [1.29, 1.82) is 0 Å². The van der Waals surface area contributed by atoms with Crippen molar-refractivity contribution < 1.29 is 14.0 Å². The van der Waals surface area contributed by atoms with Gasteiger partial charge in [-0.25, -0.2) is 4.39 Å². The van der Waals surface area contributed by atoms with E-state index in [1.165, 1.54) is 0 Å². The zero-order chi connectivity index (χ0) is 13.7. The molecule has 0 aliphatic carbocycles. The van der Waals surface area contributed by atoms with Crippen molar-refractivity contribution in [3.05, 3.63) is 34.9 Å². The van der Waals surface area contributed by atoms with Crippen LogP contribution in [0.2, 0.25) is 0 Å². The van der Waals surface area contributed by atoms with E-state index in [0.29, 0.717) is 12.0 Å². The molecule has 1 aromatic carbocycles. The maximum atomic E-state index is 13.7. The predicted molar refractivity (Wildman–Crippen MR) is 69.7 cm³/mol. The summed E-state index contributed by atoms with van der Waals surface area (Å²) in [6.45, 7) is 5.44. The average Bonchev–Trinajstić information content (AvgIpc) is 2.43.